The van der Waals surface area contributed by atoms with E-state index in [1.807, 2.05) is 0 Å². The lowest BCUT2D eigenvalue weighted by atomic mass is 9.99. The van der Waals surface area contributed by atoms with Gasteiger partial charge in [0.1, 0.15) is 19.3 Å². The number of ether oxygens (including phenoxy) is 4. The maximum absolute atomic E-state index is 13.1. The highest BCUT2D eigenvalue weighted by Gasteiger charge is 2.30. The summed E-state index contributed by atoms with van der Waals surface area (Å²) >= 11 is 0. The van der Waals surface area contributed by atoms with E-state index in [2.05, 4.69) is 55.4 Å². The fourth-order valence-electron chi connectivity index (χ4n) is 12.5. The Balaban J connectivity index is 5.24. The molecule has 17 nitrogen and oxygen atoms in total. The van der Waals surface area contributed by atoms with Gasteiger partial charge in [-0.15, -0.1) is 0 Å². The second-order valence-corrected chi connectivity index (χ2v) is 33.9. The Labute approximate surface area is 619 Å². The van der Waals surface area contributed by atoms with Gasteiger partial charge in [0.25, 0.3) is 0 Å². The normalized spacial score (nSPS) is 14.5. The van der Waals surface area contributed by atoms with E-state index in [1.54, 1.807) is 0 Å². The number of phosphoric ester groups is 2. The van der Waals surface area contributed by atoms with Gasteiger partial charge in [-0.3, -0.25) is 37.3 Å². The number of esters is 4. The van der Waals surface area contributed by atoms with Gasteiger partial charge in [0.15, 0.2) is 12.2 Å². The number of unbranched alkanes of at least 4 members (excludes halogenated alkanes) is 43. The van der Waals surface area contributed by atoms with E-state index in [0.29, 0.717) is 25.7 Å². The first-order valence-electron chi connectivity index (χ1n) is 42.3. The number of carbonyl (C=O) groups is 4. The lowest BCUT2D eigenvalue weighted by molar-refractivity contribution is -0.161. The van der Waals surface area contributed by atoms with Crippen LogP contribution in [0.1, 0.15) is 421 Å². The Hall–Kier alpha value is -1.94. The minimum Gasteiger partial charge on any atom is -0.462 e. The molecule has 0 aromatic carbocycles. The molecule has 0 spiro atoms. The molecule has 600 valence electrons. The van der Waals surface area contributed by atoms with Crippen LogP contribution in [0.3, 0.4) is 0 Å². The molecule has 0 aromatic rings. The van der Waals surface area contributed by atoms with Crippen LogP contribution < -0.4 is 0 Å². The molecule has 0 saturated heterocycles. The van der Waals surface area contributed by atoms with E-state index in [-0.39, 0.29) is 25.7 Å². The summed E-state index contributed by atoms with van der Waals surface area (Å²) in [4.78, 5) is 73.1. The van der Waals surface area contributed by atoms with E-state index >= 15 is 0 Å². The summed E-state index contributed by atoms with van der Waals surface area (Å²) in [6.07, 6.45) is 58.2. The van der Waals surface area contributed by atoms with Gasteiger partial charge in [-0.05, 0) is 49.4 Å². The Kier molecular flexibility index (Phi) is 69.6. The Morgan fingerprint density at radius 3 is 0.703 bits per heavy atom. The van der Waals surface area contributed by atoms with Crippen LogP contribution in [0.5, 0.6) is 0 Å². The van der Waals surface area contributed by atoms with E-state index in [9.17, 15) is 43.2 Å². The average Bonchev–Trinajstić information content (AvgIpc) is 0.960. The molecule has 0 rings (SSSR count). The first kappa shape index (κ1) is 99.1. The maximum Gasteiger partial charge on any atom is 0.472 e. The van der Waals surface area contributed by atoms with E-state index in [4.69, 9.17) is 37.0 Å². The quantitative estimate of drug-likeness (QED) is 0.0222. The van der Waals surface area contributed by atoms with Gasteiger partial charge in [-0.25, -0.2) is 9.13 Å². The van der Waals surface area contributed by atoms with Gasteiger partial charge in [0.05, 0.1) is 26.4 Å². The van der Waals surface area contributed by atoms with Gasteiger partial charge in [0.2, 0.25) is 0 Å². The Bertz CT molecular complexity index is 1980. The zero-order valence-corrected chi connectivity index (χ0v) is 68.3. The molecular weight excluding hydrogens is 1320 g/mol. The zero-order chi connectivity index (χ0) is 74.6. The van der Waals surface area contributed by atoms with Crippen molar-refractivity contribution in [1.82, 2.24) is 0 Å². The van der Waals surface area contributed by atoms with Crippen LogP contribution in [-0.4, -0.2) is 96.7 Å². The lowest BCUT2D eigenvalue weighted by Crippen LogP contribution is -2.30. The van der Waals surface area contributed by atoms with Crippen LogP contribution in [0.25, 0.3) is 0 Å². The molecule has 0 aliphatic heterocycles. The molecule has 7 atom stereocenters. The number of hydrogen-bond acceptors (Lipinski definition) is 15. The Morgan fingerprint density at radius 1 is 0.277 bits per heavy atom. The standard InChI is InChI=1S/C82H160O17P2/c1-9-74(7)60-52-44-36-30-26-27-31-37-46-54-62-79(84)92-68-77(98-81(86)64-56-48-38-32-24-20-16-12-11-14-18-22-28-34-42-50-58-72(3)4)70-96-100(88,89)94-66-76(83)67-95-101(90,91)97-71-78(69-93-80(85)63-55-47-41-40-45-53-61-75(8)10-2)99-82(87)65-57-49-39-33-25-21-17-13-15-19-23-29-35-43-51-59-73(5)6/h72-78,83H,9-71H2,1-8H3,(H,88,89)(H,90,91)/t74?,75?,76-,77-,78-/m1/s1. The largest absolute Gasteiger partial charge is 0.472 e. The van der Waals surface area contributed by atoms with E-state index < -0.39 is 97.5 Å². The number of hydrogen-bond donors (Lipinski definition) is 3. The third-order valence-corrected chi connectivity index (χ3v) is 21.7. The van der Waals surface area contributed by atoms with Crippen molar-refractivity contribution in [1.29, 1.82) is 0 Å². The highest BCUT2D eigenvalue weighted by molar-refractivity contribution is 7.47. The third-order valence-electron chi connectivity index (χ3n) is 19.8. The number of rotatable bonds is 79. The molecule has 0 radical (unpaired) electrons. The second kappa shape index (κ2) is 71.0. The van der Waals surface area contributed by atoms with Crippen LogP contribution in [0, 0.1) is 23.7 Å². The van der Waals surface area contributed by atoms with E-state index in [0.717, 1.165) is 120 Å². The SMILES string of the molecule is CCC(C)CCCCCCCCCCCCC(=O)OC[C@H](COP(=O)(O)OC[C@@H](O)COP(=O)(O)OC[C@@H](COC(=O)CCCCCCCCC(C)CC)OC(=O)CCCCCCCCCCCCCCCCCC(C)C)OC(=O)CCCCCCCCCCCCCCCCCCC(C)C. The predicted octanol–water partition coefficient (Wildman–Crippen LogP) is 24.4. The summed E-state index contributed by atoms with van der Waals surface area (Å²) in [7, 11) is -9.92. The molecule has 0 amide bonds. The van der Waals surface area contributed by atoms with Crippen molar-refractivity contribution >= 4 is 39.5 Å². The first-order valence-corrected chi connectivity index (χ1v) is 45.3. The van der Waals surface area contributed by atoms with Crippen molar-refractivity contribution in [3.8, 4) is 0 Å². The van der Waals surface area contributed by atoms with Gasteiger partial charge in [0, 0.05) is 25.7 Å². The number of aliphatic hydroxyl groups excluding tert-OH is 1. The molecule has 0 aromatic heterocycles. The summed E-state index contributed by atoms with van der Waals surface area (Å²) in [5.74, 6) is 1.04. The van der Waals surface area contributed by atoms with E-state index in [1.165, 1.54) is 218 Å². The van der Waals surface area contributed by atoms with Crippen LogP contribution in [0.4, 0.5) is 0 Å². The molecule has 0 saturated carbocycles. The minimum absolute atomic E-state index is 0.107. The molecule has 0 aliphatic carbocycles. The minimum atomic E-state index is -4.96. The highest BCUT2D eigenvalue weighted by atomic mass is 31.2. The zero-order valence-electron chi connectivity index (χ0n) is 66.5. The third kappa shape index (κ3) is 73.4. The summed E-state index contributed by atoms with van der Waals surface area (Å²) in [5, 5.41) is 10.6. The molecule has 19 heteroatoms. The van der Waals surface area contributed by atoms with Crippen molar-refractivity contribution in [3.05, 3.63) is 0 Å². The van der Waals surface area contributed by atoms with Crippen molar-refractivity contribution in [2.75, 3.05) is 39.6 Å². The molecule has 0 aliphatic rings. The number of phosphoric acid groups is 2. The van der Waals surface area contributed by atoms with Crippen LogP contribution >= 0.6 is 15.6 Å². The summed E-state index contributed by atoms with van der Waals surface area (Å²) in [6.45, 7) is 14.3. The van der Waals surface area contributed by atoms with Crippen LogP contribution in [0.2, 0.25) is 0 Å². The predicted molar refractivity (Wildman–Crippen MR) is 414 cm³/mol. The molecule has 3 N–H and O–H groups in total. The average molecular weight is 1480 g/mol. The maximum atomic E-state index is 13.1. The number of aliphatic hydroxyl groups is 1. The second-order valence-electron chi connectivity index (χ2n) is 31.0. The summed E-state index contributed by atoms with van der Waals surface area (Å²) in [6, 6.07) is 0. The molecule has 0 fully saturated rings. The van der Waals surface area contributed by atoms with Gasteiger partial charge >= 0.3 is 39.5 Å². The fourth-order valence-corrected chi connectivity index (χ4v) is 14.1. The Morgan fingerprint density at radius 2 is 0.475 bits per heavy atom. The van der Waals surface area contributed by atoms with Crippen molar-refractivity contribution in [2.24, 2.45) is 23.7 Å². The fraction of sp³-hybridized carbons (Fsp3) is 0.951. The van der Waals surface area contributed by atoms with Crippen molar-refractivity contribution in [2.45, 2.75) is 440 Å². The van der Waals surface area contributed by atoms with Crippen molar-refractivity contribution < 1.29 is 80.2 Å². The van der Waals surface area contributed by atoms with Gasteiger partial charge in [-0.1, -0.05) is 370 Å². The molecule has 0 heterocycles. The molecule has 101 heavy (non-hydrogen) atoms. The summed E-state index contributed by atoms with van der Waals surface area (Å²) in [5.41, 5.74) is 0. The van der Waals surface area contributed by atoms with Crippen LogP contribution in [-0.2, 0) is 65.4 Å². The highest BCUT2D eigenvalue weighted by Crippen LogP contribution is 2.45. The van der Waals surface area contributed by atoms with Crippen molar-refractivity contribution in [3.63, 3.8) is 0 Å². The lowest BCUT2D eigenvalue weighted by Gasteiger charge is -2.21. The van der Waals surface area contributed by atoms with Gasteiger partial charge < -0.3 is 33.8 Å². The van der Waals surface area contributed by atoms with Gasteiger partial charge in [-0.2, -0.15) is 0 Å². The molecule has 4 unspecified atom stereocenters. The summed E-state index contributed by atoms with van der Waals surface area (Å²) < 4.78 is 68.8. The van der Waals surface area contributed by atoms with Crippen LogP contribution in [0.15, 0.2) is 0 Å². The molecule has 0 bridgehead atoms. The molecular formula is C82H160O17P2. The smallest absolute Gasteiger partial charge is 0.462 e. The first-order chi connectivity index (χ1) is 48.7. The topological polar surface area (TPSA) is 237 Å². The number of carbonyl (C=O) groups excluding carboxylic acids is 4. The monoisotopic (exact) mass is 1480 g/mol.